The lowest BCUT2D eigenvalue weighted by Gasteiger charge is -2.16. The molecule has 11 rings (SSSR count). The monoisotopic (exact) mass is 572 g/mol. The molecule has 0 aliphatic heterocycles. The van der Waals surface area contributed by atoms with Gasteiger partial charge >= 0.3 is 0 Å². The molecule has 6 nitrogen and oxygen atoms in total. The summed E-state index contributed by atoms with van der Waals surface area (Å²) in [5.74, 6) is -0.833. The fourth-order valence-corrected chi connectivity index (χ4v) is 7.77. The predicted molar refractivity (Wildman–Crippen MR) is 170 cm³/mol. The number of benzene rings is 7. The molecule has 0 radical (unpaired) electrons. The van der Waals surface area contributed by atoms with Gasteiger partial charge in [0.25, 0.3) is 11.1 Å². The molecule has 7 aromatic carbocycles. The van der Waals surface area contributed by atoms with Gasteiger partial charge in [0.1, 0.15) is 22.9 Å². The molecule has 44 heavy (non-hydrogen) atoms. The minimum absolute atomic E-state index is 0.203. The van der Waals surface area contributed by atoms with Crippen molar-refractivity contribution in [3.8, 4) is 0 Å². The van der Waals surface area contributed by atoms with E-state index in [1.165, 1.54) is 24.3 Å². The molecular formula is C36H14F2N4O2. The molecule has 4 aromatic heterocycles. The molecule has 0 spiro atoms. The van der Waals surface area contributed by atoms with Crippen LogP contribution in [-0.4, -0.2) is 18.8 Å². The molecule has 0 saturated heterocycles. The second-order valence-corrected chi connectivity index (χ2v) is 11.6. The van der Waals surface area contributed by atoms with Crippen LogP contribution < -0.4 is 11.1 Å². The Hall–Kier alpha value is -6.02. The quantitative estimate of drug-likeness (QED) is 0.139. The van der Waals surface area contributed by atoms with E-state index >= 15 is 0 Å². The van der Waals surface area contributed by atoms with Gasteiger partial charge in [-0.05, 0) is 68.7 Å². The average Bonchev–Trinajstić information content (AvgIpc) is 3.72. The summed E-state index contributed by atoms with van der Waals surface area (Å²) in [5, 5.41) is 9.73. The molecule has 0 aliphatic carbocycles. The van der Waals surface area contributed by atoms with E-state index in [-0.39, 0.29) is 11.1 Å². The van der Waals surface area contributed by atoms with E-state index in [1.54, 1.807) is 20.9 Å². The zero-order chi connectivity index (χ0) is 29.2. The second-order valence-electron chi connectivity index (χ2n) is 11.6. The number of halogens is 2. The van der Waals surface area contributed by atoms with Crippen LogP contribution in [-0.2, 0) is 0 Å². The van der Waals surface area contributed by atoms with Crippen molar-refractivity contribution in [3.05, 3.63) is 117 Å². The first kappa shape index (κ1) is 22.6. The Bertz CT molecular complexity index is 3020. The molecule has 204 valence electrons. The number of imidazole rings is 2. The predicted octanol–water partition coefficient (Wildman–Crippen LogP) is 7.52. The highest BCUT2D eigenvalue weighted by atomic mass is 19.1. The van der Waals surface area contributed by atoms with Crippen LogP contribution >= 0.6 is 0 Å². The largest absolute Gasteiger partial charge is 0.268 e. The molecular weight excluding hydrogens is 558 g/mol. The van der Waals surface area contributed by atoms with Gasteiger partial charge in [-0.15, -0.1) is 0 Å². The van der Waals surface area contributed by atoms with Crippen LogP contribution in [0.4, 0.5) is 8.78 Å². The first-order valence-electron chi connectivity index (χ1n) is 14.1. The molecule has 4 heterocycles. The van der Waals surface area contributed by atoms with Crippen molar-refractivity contribution >= 4 is 98.0 Å². The van der Waals surface area contributed by atoms with Crippen LogP contribution in [0.15, 0.2) is 94.5 Å². The fourth-order valence-electron chi connectivity index (χ4n) is 7.77. The molecule has 8 heteroatoms. The van der Waals surface area contributed by atoms with E-state index in [9.17, 15) is 18.4 Å². The van der Waals surface area contributed by atoms with E-state index in [1.807, 2.05) is 48.5 Å². The summed E-state index contributed by atoms with van der Waals surface area (Å²) in [6.45, 7) is 0. The van der Waals surface area contributed by atoms with E-state index in [0.29, 0.717) is 54.9 Å². The normalized spacial score (nSPS) is 13.0. The summed E-state index contributed by atoms with van der Waals surface area (Å²) in [7, 11) is 0. The Balaban J connectivity index is 1.48. The van der Waals surface area contributed by atoms with Gasteiger partial charge in [0.2, 0.25) is 0 Å². The molecule has 0 fully saturated rings. The lowest BCUT2D eigenvalue weighted by atomic mass is 9.86. The standard InChI is InChI=1S/C36H14F2N4O2/c37-17-7-9-25-23(13-17)39-33-31-22(36(44)41(25)33)12-16-4-2-6-20-28(16)29(31)19-5-1-3-15-11-21-32(30(20)27(15)19)34-40-24-14-18(38)8-10-26(24)42(34)35(21)43/h1-14H. The molecule has 0 amide bonds. The Morgan fingerprint density at radius 1 is 0.477 bits per heavy atom. The summed E-state index contributed by atoms with van der Waals surface area (Å²) in [6.07, 6.45) is 0. The first-order chi connectivity index (χ1) is 21.5. The smallest absolute Gasteiger partial charge is 0.264 e. The van der Waals surface area contributed by atoms with Crippen molar-refractivity contribution in [3.63, 3.8) is 0 Å². The van der Waals surface area contributed by atoms with Gasteiger partial charge in [0.05, 0.1) is 32.8 Å². The molecule has 0 unspecified atom stereocenters. The molecule has 0 bridgehead atoms. The van der Waals surface area contributed by atoms with Crippen LogP contribution in [0.3, 0.4) is 0 Å². The summed E-state index contributed by atoms with van der Waals surface area (Å²) in [6, 6.07) is 24.3. The number of hydrogen-bond donors (Lipinski definition) is 0. The maximum Gasteiger partial charge on any atom is 0.264 e. The maximum atomic E-state index is 14.2. The van der Waals surface area contributed by atoms with E-state index in [2.05, 4.69) is 0 Å². The third kappa shape index (κ3) is 2.38. The number of nitrogens with zero attached hydrogens (tertiary/aromatic N) is 4. The van der Waals surface area contributed by atoms with Crippen molar-refractivity contribution in [1.82, 2.24) is 18.8 Å². The van der Waals surface area contributed by atoms with Crippen LogP contribution in [0.1, 0.15) is 0 Å². The zero-order valence-corrected chi connectivity index (χ0v) is 22.4. The van der Waals surface area contributed by atoms with Crippen molar-refractivity contribution in [2.75, 3.05) is 0 Å². The maximum absolute atomic E-state index is 14.2. The van der Waals surface area contributed by atoms with Gasteiger partial charge < -0.3 is 0 Å². The Morgan fingerprint density at radius 3 is 1.39 bits per heavy atom. The van der Waals surface area contributed by atoms with E-state index < -0.39 is 11.6 Å². The van der Waals surface area contributed by atoms with Crippen molar-refractivity contribution < 1.29 is 8.78 Å². The van der Waals surface area contributed by atoms with Crippen molar-refractivity contribution in [1.29, 1.82) is 0 Å². The van der Waals surface area contributed by atoms with Crippen LogP contribution in [0.2, 0.25) is 0 Å². The highest BCUT2D eigenvalue weighted by Crippen LogP contribution is 2.47. The summed E-state index contributed by atoms with van der Waals surface area (Å²) < 4.78 is 31.5. The number of rotatable bonds is 0. The van der Waals surface area contributed by atoms with Crippen LogP contribution in [0.25, 0.3) is 98.0 Å². The van der Waals surface area contributed by atoms with Crippen LogP contribution in [0, 0.1) is 11.6 Å². The van der Waals surface area contributed by atoms with Gasteiger partial charge in [-0.3, -0.25) is 18.4 Å². The minimum Gasteiger partial charge on any atom is -0.268 e. The lowest BCUT2D eigenvalue weighted by molar-refractivity contribution is 0.629. The topological polar surface area (TPSA) is 68.7 Å². The Kier molecular flexibility index (Phi) is 3.65. The number of aromatic nitrogens is 4. The summed E-state index contributed by atoms with van der Waals surface area (Å²) >= 11 is 0. The minimum atomic E-state index is -0.417. The first-order valence-corrected chi connectivity index (χ1v) is 14.1. The second kappa shape index (κ2) is 7.12. The van der Waals surface area contributed by atoms with E-state index in [4.69, 9.17) is 9.97 Å². The van der Waals surface area contributed by atoms with Crippen LogP contribution in [0.5, 0.6) is 0 Å². The van der Waals surface area contributed by atoms with Gasteiger partial charge in [-0.25, -0.2) is 18.7 Å². The van der Waals surface area contributed by atoms with E-state index in [0.717, 1.165) is 43.1 Å². The average molecular weight is 573 g/mol. The zero-order valence-electron chi connectivity index (χ0n) is 22.4. The van der Waals surface area contributed by atoms with Gasteiger partial charge in [-0.1, -0.05) is 36.4 Å². The number of fused-ring (bicyclic) bond motifs is 14. The van der Waals surface area contributed by atoms with Gasteiger partial charge in [0, 0.05) is 33.7 Å². The van der Waals surface area contributed by atoms with Gasteiger partial charge in [0.15, 0.2) is 0 Å². The summed E-state index contributed by atoms with van der Waals surface area (Å²) in [4.78, 5) is 37.4. The fraction of sp³-hybridized carbons (Fsp3) is 0. The third-order valence-electron chi connectivity index (χ3n) is 9.42. The van der Waals surface area contributed by atoms with Gasteiger partial charge in [-0.2, -0.15) is 0 Å². The number of hydrogen-bond acceptors (Lipinski definition) is 4. The molecule has 11 aromatic rings. The Morgan fingerprint density at radius 2 is 0.932 bits per heavy atom. The lowest BCUT2D eigenvalue weighted by Crippen LogP contribution is -2.05. The SMILES string of the molecule is O=c1c2cc3cccc4c3c(c3cccc5cc6c(=O)n7c8ccc(F)cc8nc7c6c4c53)c2c2nc3cc(F)ccc3n12. The van der Waals surface area contributed by atoms with Crippen molar-refractivity contribution in [2.24, 2.45) is 0 Å². The molecule has 0 saturated carbocycles. The van der Waals surface area contributed by atoms with Crippen molar-refractivity contribution in [2.45, 2.75) is 0 Å². The molecule has 0 atom stereocenters. The third-order valence-corrected chi connectivity index (χ3v) is 9.42. The molecule has 0 N–H and O–H groups in total. The highest BCUT2D eigenvalue weighted by Gasteiger charge is 2.26. The molecule has 0 aliphatic rings. The Labute approximate surface area is 242 Å². The summed E-state index contributed by atoms with van der Waals surface area (Å²) in [5.41, 5.74) is 2.51. The highest BCUT2D eigenvalue weighted by molar-refractivity contribution is 6.43.